The molecule has 0 aliphatic rings. The lowest BCUT2D eigenvalue weighted by Crippen LogP contribution is -2.18. The molecule has 9 rings (SSSR count). The van der Waals surface area contributed by atoms with E-state index in [-0.39, 0.29) is 31.6 Å². The number of ether oxygens (including phenoxy) is 2. The number of aliphatic hydroxyl groups is 1. The zero-order valence-corrected chi connectivity index (χ0v) is 41.0. The molecule has 0 saturated heterocycles. The molecule has 0 radical (unpaired) electrons. The third kappa shape index (κ3) is 16.4. The fourth-order valence-corrected chi connectivity index (χ4v) is 9.54. The summed E-state index contributed by atoms with van der Waals surface area (Å²) in [5.41, 5.74) is 0. The number of rotatable bonds is 16. The average molecular weight is 956 g/mol. The molecule has 3 aromatic heterocycles. The second-order valence-corrected chi connectivity index (χ2v) is 19.2. The number of halogens is 1. The predicted molar refractivity (Wildman–Crippen MR) is 288 cm³/mol. The van der Waals surface area contributed by atoms with Crippen molar-refractivity contribution in [1.29, 1.82) is 0 Å². The molecular formula is C57H66FN3O3S3. The summed E-state index contributed by atoms with van der Waals surface area (Å²) in [4.78, 5) is 7.91. The molecule has 10 heteroatoms. The van der Waals surface area contributed by atoms with Crippen molar-refractivity contribution >= 4 is 66.3 Å². The van der Waals surface area contributed by atoms with E-state index in [9.17, 15) is 9.50 Å². The van der Waals surface area contributed by atoms with Gasteiger partial charge in [0.05, 0.1) is 6.10 Å². The first-order valence-corrected chi connectivity index (χ1v) is 25.0. The first-order chi connectivity index (χ1) is 32.2. The molecule has 0 spiro atoms. The Morgan fingerprint density at radius 1 is 0.493 bits per heavy atom. The summed E-state index contributed by atoms with van der Waals surface area (Å²) >= 11 is 5.13. The van der Waals surface area contributed by atoms with Crippen molar-refractivity contribution in [3.05, 3.63) is 200 Å². The molecule has 0 saturated carbocycles. The van der Waals surface area contributed by atoms with Gasteiger partial charge in [-0.1, -0.05) is 135 Å². The van der Waals surface area contributed by atoms with Gasteiger partial charge >= 0.3 is 0 Å². The largest absolute Gasteiger partial charge is 0.484 e. The lowest BCUT2D eigenvalue weighted by molar-refractivity contribution is 0.158. The van der Waals surface area contributed by atoms with E-state index in [1.807, 2.05) is 62.9 Å². The topological polar surface area (TPSA) is 57.2 Å². The molecule has 3 heterocycles. The van der Waals surface area contributed by atoms with Gasteiger partial charge in [-0.05, 0) is 117 Å². The summed E-state index contributed by atoms with van der Waals surface area (Å²) in [6.45, 7) is 2.87. The SMILES string of the molecule is C.CN(C)CC[C@H](O)c1cccs1.CN(C)CC[C@H](Oc1cccc2ccccc12)c1cccs1.CNCC[C@H](Oc1cccc2ccccc12)c1cccs1.Fc1cccc2ccccc12. The summed E-state index contributed by atoms with van der Waals surface area (Å²) in [6.07, 6.45) is 2.67. The number of hydrogen-bond acceptors (Lipinski definition) is 9. The van der Waals surface area contributed by atoms with E-state index in [0.717, 1.165) is 60.7 Å². The molecule has 9 aromatic rings. The first kappa shape index (κ1) is 52.5. The van der Waals surface area contributed by atoms with Crippen LogP contribution in [-0.2, 0) is 0 Å². The van der Waals surface area contributed by atoms with Crippen LogP contribution in [0.3, 0.4) is 0 Å². The number of nitrogens with zero attached hydrogens (tertiary/aromatic N) is 2. The molecule has 3 atom stereocenters. The molecule has 6 nitrogen and oxygen atoms in total. The van der Waals surface area contributed by atoms with Gasteiger partial charge < -0.3 is 29.7 Å². The molecule has 0 bridgehead atoms. The number of benzene rings is 6. The predicted octanol–water partition coefficient (Wildman–Crippen LogP) is 15.0. The summed E-state index contributed by atoms with van der Waals surface area (Å²) in [5.74, 6) is 1.78. The number of fused-ring (bicyclic) bond motifs is 3. The molecule has 0 aliphatic heterocycles. The van der Waals surface area contributed by atoms with Crippen molar-refractivity contribution < 1.29 is 19.0 Å². The van der Waals surface area contributed by atoms with E-state index in [2.05, 4.69) is 149 Å². The summed E-state index contributed by atoms with van der Waals surface area (Å²) in [6, 6.07) is 54.2. The van der Waals surface area contributed by atoms with Crippen molar-refractivity contribution in [1.82, 2.24) is 15.1 Å². The fourth-order valence-electron chi connectivity index (χ4n) is 7.21. The van der Waals surface area contributed by atoms with Gasteiger partial charge in [0.2, 0.25) is 0 Å². The molecule has 0 amide bonds. The van der Waals surface area contributed by atoms with Crippen molar-refractivity contribution in [3.63, 3.8) is 0 Å². The maximum Gasteiger partial charge on any atom is 0.134 e. The van der Waals surface area contributed by atoms with Crippen LogP contribution in [0.15, 0.2) is 180 Å². The maximum absolute atomic E-state index is 13.0. The molecule has 0 fully saturated rings. The van der Waals surface area contributed by atoms with Crippen LogP contribution in [0.25, 0.3) is 32.3 Å². The lowest BCUT2D eigenvalue weighted by atomic mass is 10.1. The Morgan fingerprint density at radius 2 is 0.896 bits per heavy atom. The number of hydrogen-bond donors (Lipinski definition) is 2. The Morgan fingerprint density at radius 3 is 1.34 bits per heavy atom. The fraction of sp³-hybridized carbons (Fsp3) is 0.263. The highest BCUT2D eigenvalue weighted by Gasteiger charge is 2.17. The molecule has 2 N–H and O–H groups in total. The zero-order chi connectivity index (χ0) is 46.5. The third-order valence-corrected chi connectivity index (χ3v) is 13.6. The second-order valence-electron chi connectivity index (χ2n) is 16.3. The zero-order valence-electron chi connectivity index (χ0n) is 38.6. The van der Waals surface area contributed by atoms with E-state index in [1.54, 1.807) is 46.1 Å². The molecule has 67 heavy (non-hydrogen) atoms. The van der Waals surface area contributed by atoms with E-state index in [4.69, 9.17) is 9.47 Å². The van der Waals surface area contributed by atoms with Gasteiger partial charge in [0.1, 0.15) is 29.5 Å². The van der Waals surface area contributed by atoms with Crippen molar-refractivity contribution in [2.24, 2.45) is 0 Å². The highest BCUT2D eigenvalue weighted by molar-refractivity contribution is 7.10. The van der Waals surface area contributed by atoms with Crippen molar-refractivity contribution in [2.75, 3.05) is 54.9 Å². The minimum Gasteiger partial charge on any atom is -0.484 e. The number of aliphatic hydroxyl groups excluding tert-OH is 1. The average Bonchev–Trinajstić information content (AvgIpc) is 4.18. The van der Waals surface area contributed by atoms with Gasteiger partial charge in [0, 0.05) is 56.7 Å². The number of thiophene rings is 3. The van der Waals surface area contributed by atoms with Crippen LogP contribution in [0, 0.1) is 5.82 Å². The smallest absolute Gasteiger partial charge is 0.134 e. The third-order valence-electron chi connectivity index (χ3n) is 10.7. The Kier molecular flexibility index (Phi) is 22.0. The molecular weight excluding hydrogens is 890 g/mol. The summed E-state index contributed by atoms with van der Waals surface area (Å²) in [7, 11) is 10.2. The molecule has 0 aliphatic carbocycles. The highest BCUT2D eigenvalue weighted by Crippen LogP contribution is 2.34. The Hall–Kier alpha value is -5.43. The van der Waals surface area contributed by atoms with Crippen molar-refractivity contribution in [3.8, 4) is 11.5 Å². The monoisotopic (exact) mass is 955 g/mol. The normalized spacial score (nSPS) is 12.2. The molecule has 0 unspecified atom stereocenters. The van der Waals surface area contributed by atoms with Gasteiger partial charge in [0.15, 0.2) is 0 Å². The van der Waals surface area contributed by atoms with Crippen LogP contribution >= 0.6 is 34.0 Å². The summed E-state index contributed by atoms with van der Waals surface area (Å²) in [5, 5.41) is 25.5. The van der Waals surface area contributed by atoms with E-state index in [1.165, 1.54) is 37.4 Å². The van der Waals surface area contributed by atoms with E-state index in [0.29, 0.717) is 5.39 Å². The Bertz CT molecular complexity index is 2710. The minimum atomic E-state index is -0.285. The van der Waals surface area contributed by atoms with Crippen LogP contribution in [-0.4, -0.2) is 69.8 Å². The standard InChI is InChI=1S/C19H21NOS.C18H19NOS.C10H7F.C9H15NOS.CH4/c1-20(2)13-12-18(19-11-6-14-22-19)21-17-10-5-8-15-7-3-4-9-16(15)17;1-19-12-11-17(18-10-5-13-21-18)20-16-9-4-7-14-6-2-3-8-15(14)16;11-10-7-3-5-8-4-1-2-6-9(8)10;1-10(2)6-5-8(11)9-4-3-7-12-9;/h3-11,14,18H,12-13H2,1-2H3;2-10,13,17,19H,11-12H2,1H3;1-7H;3-4,7-8,11H,5-6H2,1-2H3;1H4/t18-;17-;;8-;/m00.0./s1. The Labute approximate surface area is 409 Å². The van der Waals surface area contributed by atoms with Gasteiger partial charge in [-0.3, -0.25) is 0 Å². The first-order valence-electron chi connectivity index (χ1n) is 22.3. The van der Waals surface area contributed by atoms with Crippen LogP contribution in [0.4, 0.5) is 4.39 Å². The van der Waals surface area contributed by atoms with Crippen LogP contribution < -0.4 is 14.8 Å². The van der Waals surface area contributed by atoms with Gasteiger partial charge in [0.25, 0.3) is 0 Å². The maximum atomic E-state index is 13.0. The quantitative estimate of drug-likeness (QED) is 0.101. The van der Waals surface area contributed by atoms with Crippen molar-refractivity contribution in [2.45, 2.75) is 45.0 Å². The Balaban J connectivity index is 0.000000173. The summed E-state index contributed by atoms with van der Waals surface area (Å²) < 4.78 is 25.7. The highest BCUT2D eigenvalue weighted by atomic mass is 32.1. The van der Waals surface area contributed by atoms with Gasteiger partial charge in [-0.25, -0.2) is 4.39 Å². The molecule has 352 valence electrons. The lowest BCUT2D eigenvalue weighted by Gasteiger charge is -2.21. The van der Waals surface area contributed by atoms with Crippen LogP contribution in [0.5, 0.6) is 11.5 Å². The second kappa shape index (κ2) is 28.0. The van der Waals surface area contributed by atoms with Gasteiger partial charge in [-0.15, -0.1) is 34.0 Å². The minimum absolute atomic E-state index is 0. The molecule has 6 aromatic carbocycles. The van der Waals surface area contributed by atoms with E-state index < -0.39 is 0 Å². The van der Waals surface area contributed by atoms with E-state index >= 15 is 0 Å². The van der Waals surface area contributed by atoms with Crippen LogP contribution in [0.2, 0.25) is 0 Å². The van der Waals surface area contributed by atoms with Gasteiger partial charge in [-0.2, -0.15) is 0 Å². The van der Waals surface area contributed by atoms with Crippen LogP contribution in [0.1, 0.15) is 59.6 Å². The number of nitrogens with one attached hydrogen (secondary N) is 1.